The molecule has 0 N–H and O–H groups in total. The Morgan fingerprint density at radius 3 is 2.58 bits per heavy atom. The van der Waals surface area contributed by atoms with Crippen LogP contribution >= 0.6 is 34.8 Å². The van der Waals surface area contributed by atoms with E-state index in [1.165, 1.54) is 12.4 Å². The molecule has 0 saturated carbocycles. The molecule has 0 bridgehead atoms. The van der Waals surface area contributed by atoms with Crippen molar-refractivity contribution in [2.24, 2.45) is 5.92 Å². The summed E-state index contributed by atoms with van der Waals surface area (Å²) < 4.78 is 5.79. The summed E-state index contributed by atoms with van der Waals surface area (Å²) >= 11 is 18.3. The molecular formula is C24H19Cl3N4O2. The van der Waals surface area contributed by atoms with Crippen LogP contribution in [-0.4, -0.2) is 40.5 Å². The monoisotopic (exact) mass is 500 g/mol. The number of carbonyl (C=O) groups excluding carboxylic acids is 1. The number of likely N-dealkylation sites (tertiary alicyclic amines) is 1. The van der Waals surface area contributed by atoms with Crippen molar-refractivity contribution in [3.8, 4) is 11.9 Å². The number of aromatic nitrogens is 2. The van der Waals surface area contributed by atoms with Gasteiger partial charge in [-0.1, -0.05) is 40.9 Å². The molecule has 1 fully saturated rings. The van der Waals surface area contributed by atoms with E-state index in [0.717, 1.165) is 5.56 Å². The lowest BCUT2D eigenvalue weighted by Gasteiger charge is -2.19. The summed E-state index contributed by atoms with van der Waals surface area (Å²) in [5.41, 5.74) is 1.74. The lowest BCUT2D eigenvalue weighted by molar-refractivity contribution is 0.0784. The van der Waals surface area contributed by atoms with Crippen LogP contribution in [0, 0.1) is 17.2 Å². The molecule has 168 valence electrons. The molecule has 33 heavy (non-hydrogen) atoms. The molecule has 2 atom stereocenters. The van der Waals surface area contributed by atoms with Crippen molar-refractivity contribution in [1.29, 1.82) is 5.26 Å². The maximum Gasteiger partial charge on any atom is 0.255 e. The van der Waals surface area contributed by atoms with Crippen LogP contribution in [-0.2, 0) is 0 Å². The molecule has 3 heterocycles. The van der Waals surface area contributed by atoms with Crippen LogP contribution in [0.5, 0.6) is 5.88 Å². The number of amides is 1. The first-order chi connectivity index (χ1) is 15.9. The number of hydrogen-bond acceptors (Lipinski definition) is 5. The third kappa shape index (κ3) is 5.56. The van der Waals surface area contributed by atoms with Crippen LogP contribution in [0.15, 0.2) is 54.9 Å². The number of carbonyl (C=O) groups is 1. The Balaban J connectivity index is 1.50. The van der Waals surface area contributed by atoms with Gasteiger partial charge >= 0.3 is 0 Å². The Morgan fingerprint density at radius 2 is 1.91 bits per heavy atom. The van der Waals surface area contributed by atoms with Gasteiger partial charge in [-0.25, -0.2) is 9.97 Å². The predicted molar refractivity (Wildman–Crippen MR) is 127 cm³/mol. The minimum atomic E-state index is -0.125. The lowest BCUT2D eigenvalue weighted by atomic mass is 9.87. The van der Waals surface area contributed by atoms with Crippen LogP contribution in [0.4, 0.5) is 0 Å². The predicted octanol–water partition coefficient (Wildman–Crippen LogP) is 5.63. The van der Waals surface area contributed by atoms with E-state index in [-0.39, 0.29) is 23.4 Å². The van der Waals surface area contributed by atoms with Gasteiger partial charge < -0.3 is 9.64 Å². The smallest absolute Gasteiger partial charge is 0.255 e. The van der Waals surface area contributed by atoms with E-state index < -0.39 is 0 Å². The molecule has 1 aromatic carbocycles. The molecule has 4 rings (SSSR count). The summed E-state index contributed by atoms with van der Waals surface area (Å²) in [7, 11) is 0. The molecular weight excluding hydrogens is 483 g/mol. The van der Waals surface area contributed by atoms with Crippen LogP contribution < -0.4 is 4.74 Å². The van der Waals surface area contributed by atoms with Gasteiger partial charge in [0.05, 0.1) is 27.2 Å². The van der Waals surface area contributed by atoms with E-state index in [9.17, 15) is 4.79 Å². The van der Waals surface area contributed by atoms with Gasteiger partial charge in [0.2, 0.25) is 5.88 Å². The summed E-state index contributed by atoms with van der Waals surface area (Å²) in [6.45, 7) is 1.53. The minimum Gasteiger partial charge on any atom is -0.478 e. The number of halogens is 3. The summed E-state index contributed by atoms with van der Waals surface area (Å²) in [6, 6.07) is 14.2. The first-order valence-corrected chi connectivity index (χ1v) is 11.4. The zero-order valence-corrected chi connectivity index (χ0v) is 19.7. The van der Waals surface area contributed by atoms with E-state index in [1.54, 1.807) is 35.2 Å². The van der Waals surface area contributed by atoms with Crippen LogP contribution in [0.1, 0.15) is 34.0 Å². The number of pyridine rings is 2. The van der Waals surface area contributed by atoms with Crippen molar-refractivity contribution in [1.82, 2.24) is 14.9 Å². The van der Waals surface area contributed by atoms with Gasteiger partial charge in [0, 0.05) is 37.5 Å². The lowest BCUT2D eigenvalue weighted by Crippen LogP contribution is -2.29. The average Bonchev–Trinajstić information content (AvgIpc) is 3.26. The molecule has 0 spiro atoms. The fourth-order valence-corrected chi connectivity index (χ4v) is 4.40. The molecule has 2 unspecified atom stereocenters. The van der Waals surface area contributed by atoms with Gasteiger partial charge in [-0.3, -0.25) is 4.79 Å². The second-order valence-corrected chi connectivity index (χ2v) is 9.00. The average molecular weight is 502 g/mol. The number of nitrogens with zero attached hydrogens (tertiary/aromatic N) is 4. The second kappa shape index (κ2) is 10.4. The number of benzene rings is 1. The molecule has 3 aromatic rings. The number of hydrogen-bond donors (Lipinski definition) is 0. The highest BCUT2D eigenvalue weighted by atomic mass is 35.5. The molecule has 1 aliphatic rings. The van der Waals surface area contributed by atoms with Gasteiger partial charge in [0.15, 0.2) is 0 Å². The van der Waals surface area contributed by atoms with Crippen molar-refractivity contribution in [3.05, 3.63) is 86.7 Å². The molecule has 2 aromatic heterocycles. The van der Waals surface area contributed by atoms with Crippen LogP contribution in [0.3, 0.4) is 0 Å². The Bertz CT molecular complexity index is 1180. The highest BCUT2D eigenvalue weighted by molar-refractivity contribution is 6.42. The Kier molecular flexibility index (Phi) is 7.34. The maximum absolute atomic E-state index is 13.1. The molecule has 0 radical (unpaired) electrons. The van der Waals surface area contributed by atoms with Gasteiger partial charge in [0.1, 0.15) is 11.8 Å². The Hall–Kier alpha value is -2.85. The number of nitriles is 1. The van der Waals surface area contributed by atoms with Crippen LogP contribution in [0.25, 0.3) is 0 Å². The van der Waals surface area contributed by atoms with E-state index >= 15 is 0 Å². The molecule has 1 saturated heterocycles. The molecule has 9 heteroatoms. The normalized spacial score (nSPS) is 17.6. The molecule has 6 nitrogen and oxygen atoms in total. The van der Waals surface area contributed by atoms with E-state index in [0.29, 0.717) is 52.6 Å². The third-order valence-corrected chi connectivity index (χ3v) is 6.63. The van der Waals surface area contributed by atoms with Gasteiger partial charge in [-0.2, -0.15) is 5.26 Å². The highest BCUT2D eigenvalue weighted by Crippen LogP contribution is 2.37. The first kappa shape index (κ1) is 23.3. The molecule has 1 aliphatic heterocycles. The standard InChI is InChI=1S/C24H19Cl3N4O2/c25-18-3-6-23(30-12-18)33-8-7-17-13-31(24(32)16-1-4-19(10-28)29-11-16)14-20(17)15-2-5-21(26)22(27)9-15/h1-6,9,11-12,17,20H,7-8,13-14H2. The third-order valence-electron chi connectivity index (χ3n) is 5.66. The first-order valence-electron chi connectivity index (χ1n) is 10.3. The number of ether oxygens (including phenoxy) is 1. The van der Waals surface area contributed by atoms with E-state index in [1.807, 2.05) is 18.2 Å². The SMILES string of the molecule is N#Cc1ccc(C(=O)N2CC(CCOc3ccc(Cl)cn3)C(c3ccc(Cl)c(Cl)c3)C2)cn1. The van der Waals surface area contributed by atoms with Crippen LogP contribution in [0.2, 0.25) is 15.1 Å². The maximum atomic E-state index is 13.1. The Labute approximate surface area is 206 Å². The second-order valence-electron chi connectivity index (χ2n) is 7.75. The zero-order chi connectivity index (χ0) is 23.4. The zero-order valence-electron chi connectivity index (χ0n) is 17.4. The van der Waals surface area contributed by atoms with E-state index in [2.05, 4.69) is 9.97 Å². The van der Waals surface area contributed by atoms with E-state index in [4.69, 9.17) is 44.8 Å². The Morgan fingerprint density at radius 1 is 1.06 bits per heavy atom. The fourth-order valence-electron chi connectivity index (χ4n) is 3.98. The number of rotatable bonds is 6. The largest absolute Gasteiger partial charge is 0.478 e. The summed E-state index contributed by atoms with van der Waals surface area (Å²) in [6.07, 6.45) is 3.69. The fraction of sp³-hybridized carbons (Fsp3) is 0.250. The van der Waals surface area contributed by atoms with Crippen molar-refractivity contribution in [3.63, 3.8) is 0 Å². The summed E-state index contributed by atoms with van der Waals surface area (Å²) in [5.74, 6) is 0.585. The van der Waals surface area contributed by atoms with Crippen molar-refractivity contribution < 1.29 is 9.53 Å². The quantitative estimate of drug-likeness (QED) is 0.437. The van der Waals surface area contributed by atoms with Crippen molar-refractivity contribution >= 4 is 40.7 Å². The molecule has 0 aliphatic carbocycles. The molecule has 1 amide bonds. The van der Waals surface area contributed by atoms with Gasteiger partial charge in [-0.05, 0) is 48.2 Å². The topological polar surface area (TPSA) is 79.1 Å². The summed E-state index contributed by atoms with van der Waals surface area (Å²) in [5, 5.41) is 10.5. The van der Waals surface area contributed by atoms with Gasteiger partial charge in [0.25, 0.3) is 5.91 Å². The highest BCUT2D eigenvalue weighted by Gasteiger charge is 2.36. The van der Waals surface area contributed by atoms with Crippen molar-refractivity contribution in [2.75, 3.05) is 19.7 Å². The van der Waals surface area contributed by atoms with Crippen molar-refractivity contribution in [2.45, 2.75) is 12.3 Å². The summed E-state index contributed by atoms with van der Waals surface area (Å²) in [4.78, 5) is 23.1. The minimum absolute atomic E-state index is 0.0665. The van der Waals surface area contributed by atoms with Gasteiger partial charge in [-0.15, -0.1) is 0 Å².